The van der Waals surface area contributed by atoms with Gasteiger partial charge in [0.1, 0.15) is 5.75 Å². The molecule has 0 atom stereocenters. The molecule has 0 saturated heterocycles. The number of aryl methyl sites for hydroxylation is 1. The normalized spacial score (nSPS) is 10.7. The van der Waals surface area contributed by atoms with Crippen LogP contribution >= 0.6 is 38.5 Å². The van der Waals surface area contributed by atoms with E-state index in [1.807, 2.05) is 41.6 Å². The summed E-state index contributed by atoms with van der Waals surface area (Å²) in [6, 6.07) is 15.6. The van der Waals surface area contributed by atoms with Crippen molar-refractivity contribution in [3.05, 3.63) is 73.8 Å². The average Bonchev–Trinajstić information content (AvgIpc) is 2.95. The van der Waals surface area contributed by atoms with E-state index >= 15 is 0 Å². The number of hydrogen-bond donors (Lipinski definition) is 3. The smallest absolute Gasteiger partial charge is 0.329 e. The van der Waals surface area contributed by atoms with Crippen LogP contribution < -0.4 is 30.3 Å². The van der Waals surface area contributed by atoms with Gasteiger partial charge in [0.15, 0.2) is 18.1 Å². The number of methoxy groups -OCH3 is 1. The number of nitrogens with zero attached hydrogens (tertiary/aromatic N) is 1. The summed E-state index contributed by atoms with van der Waals surface area (Å²) in [5.74, 6) is -0.680. The quantitative estimate of drug-likeness (QED) is 0.0725. The molecule has 0 aliphatic heterocycles. The van der Waals surface area contributed by atoms with E-state index in [4.69, 9.17) is 14.2 Å². The second-order valence-corrected chi connectivity index (χ2v) is 10.7. The first-order valence-corrected chi connectivity index (χ1v) is 14.5. The molecule has 3 N–H and O–H groups in total. The molecular weight excluding hydrogens is 707 g/mol. The zero-order valence-corrected chi connectivity index (χ0v) is 26.5. The number of benzene rings is 3. The Morgan fingerprint density at radius 2 is 1.71 bits per heavy atom. The highest BCUT2D eigenvalue weighted by Gasteiger charge is 2.15. The maximum absolute atomic E-state index is 12.4. The molecule has 0 fully saturated rings. The van der Waals surface area contributed by atoms with Crippen LogP contribution in [0.1, 0.15) is 30.9 Å². The SMILES string of the molecule is CCCCOc1ccc(NC(=O)C(=O)N/N=C\c2cc(I)c(OCC(=O)Nc3ccc(Br)c(C)c3)c(OC)c2)cc1. The summed E-state index contributed by atoms with van der Waals surface area (Å²) in [5.41, 5.74) is 4.88. The fourth-order valence-corrected chi connectivity index (χ4v) is 4.41. The van der Waals surface area contributed by atoms with Crippen LogP contribution in [0.3, 0.4) is 0 Å². The summed E-state index contributed by atoms with van der Waals surface area (Å²) in [6.45, 7) is 4.40. The first-order valence-electron chi connectivity index (χ1n) is 12.6. The predicted molar refractivity (Wildman–Crippen MR) is 170 cm³/mol. The van der Waals surface area contributed by atoms with Crippen molar-refractivity contribution < 1.29 is 28.6 Å². The van der Waals surface area contributed by atoms with Gasteiger partial charge in [-0.05, 0) is 102 Å². The second-order valence-electron chi connectivity index (χ2n) is 8.71. The minimum absolute atomic E-state index is 0.227. The molecule has 3 aromatic carbocycles. The number of rotatable bonds is 12. The van der Waals surface area contributed by atoms with Gasteiger partial charge in [0.2, 0.25) is 0 Å². The Kier molecular flexibility index (Phi) is 12.4. The monoisotopic (exact) mass is 736 g/mol. The van der Waals surface area contributed by atoms with E-state index in [9.17, 15) is 14.4 Å². The van der Waals surface area contributed by atoms with Gasteiger partial charge in [-0.2, -0.15) is 5.10 Å². The predicted octanol–water partition coefficient (Wildman–Crippen LogP) is 5.66. The number of ether oxygens (including phenoxy) is 3. The molecule has 0 unspecified atom stereocenters. The number of nitrogens with one attached hydrogen (secondary N) is 3. The van der Waals surface area contributed by atoms with E-state index in [0.29, 0.717) is 44.4 Å². The topological polar surface area (TPSA) is 127 Å². The molecule has 0 heterocycles. The molecular formula is C29H30BrIN4O6. The van der Waals surface area contributed by atoms with Crippen LogP contribution in [0.5, 0.6) is 17.2 Å². The van der Waals surface area contributed by atoms with E-state index in [2.05, 4.69) is 44.0 Å². The molecule has 0 aromatic heterocycles. The lowest BCUT2D eigenvalue weighted by Gasteiger charge is -2.14. The van der Waals surface area contributed by atoms with Gasteiger partial charge < -0.3 is 24.8 Å². The number of unbranched alkanes of at least 4 members (excludes halogenated alkanes) is 1. The Labute approximate surface area is 260 Å². The van der Waals surface area contributed by atoms with E-state index in [1.54, 1.807) is 42.5 Å². The largest absolute Gasteiger partial charge is 0.494 e. The van der Waals surface area contributed by atoms with Gasteiger partial charge in [0, 0.05) is 15.8 Å². The van der Waals surface area contributed by atoms with Gasteiger partial charge >= 0.3 is 11.8 Å². The van der Waals surface area contributed by atoms with Crippen LogP contribution in [0.15, 0.2) is 64.2 Å². The van der Waals surface area contributed by atoms with Gasteiger partial charge in [-0.3, -0.25) is 14.4 Å². The first-order chi connectivity index (χ1) is 19.7. The average molecular weight is 737 g/mol. The van der Waals surface area contributed by atoms with Gasteiger partial charge in [-0.1, -0.05) is 29.3 Å². The number of anilines is 2. The van der Waals surface area contributed by atoms with Crippen LogP contribution in [0.25, 0.3) is 0 Å². The van der Waals surface area contributed by atoms with E-state index < -0.39 is 11.8 Å². The molecule has 0 bridgehead atoms. The third-order valence-corrected chi connectivity index (χ3v) is 7.20. The molecule has 3 amide bonds. The van der Waals surface area contributed by atoms with Crippen molar-refractivity contribution in [2.45, 2.75) is 26.7 Å². The minimum Gasteiger partial charge on any atom is -0.494 e. The van der Waals surface area contributed by atoms with E-state index in [-0.39, 0.29) is 12.5 Å². The van der Waals surface area contributed by atoms with Crippen LogP contribution in [0, 0.1) is 10.5 Å². The van der Waals surface area contributed by atoms with Crippen LogP contribution in [0.4, 0.5) is 11.4 Å². The van der Waals surface area contributed by atoms with Gasteiger partial charge in [0.25, 0.3) is 5.91 Å². The zero-order valence-electron chi connectivity index (χ0n) is 22.8. The Bertz CT molecular complexity index is 1420. The Hall–Kier alpha value is -3.65. The maximum Gasteiger partial charge on any atom is 0.329 e. The Morgan fingerprint density at radius 1 is 0.976 bits per heavy atom. The fraction of sp³-hybridized carbons (Fsp3) is 0.241. The summed E-state index contributed by atoms with van der Waals surface area (Å²) in [7, 11) is 1.47. The lowest BCUT2D eigenvalue weighted by atomic mass is 10.2. The summed E-state index contributed by atoms with van der Waals surface area (Å²) < 4.78 is 18.4. The molecule has 10 nitrogen and oxygen atoms in total. The lowest BCUT2D eigenvalue weighted by molar-refractivity contribution is -0.136. The van der Waals surface area contributed by atoms with E-state index in [1.165, 1.54) is 13.3 Å². The van der Waals surface area contributed by atoms with Crippen molar-refractivity contribution in [3.63, 3.8) is 0 Å². The third kappa shape index (κ3) is 10.0. The number of hydrazone groups is 1. The van der Waals surface area contributed by atoms with Crippen molar-refractivity contribution in [2.75, 3.05) is 31.0 Å². The maximum atomic E-state index is 12.4. The molecule has 41 heavy (non-hydrogen) atoms. The number of amides is 3. The lowest BCUT2D eigenvalue weighted by Crippen LogP contribution is -2.32. The summed E-state index contributed by atoms with van der Waals surface area (Å²) in [5, 5.41) is 9.17. The molecule has 216 valence electrons. The van der Waals surface area contributed by atoms with Crippen LogP contribution in [-0.4, -0.2) is 44.3 Å². The summed E-state index contributed by atoms with van der Waals surface area (Å²) >= 11 is 5.48. The molecule has 0 saturated carbocycles. The molecule has 3 rings (SSSR count). The standard InChI is InChI=1S/C29H30BrIN4O6/c1-4-5-12-40-22-9-6-20(7-10-22)34-28(37)29(38)35-32-16-19-14-24(31)27(25(15-19)39-3)41-17-26(36)33-21-8-11-23(30)18(2)13-21/h6-11,13-16H,4-5,12,17H2,1-3H3,(H,33,36)(H,34,37)(H,35,38)/b32-16-. The Morgan fingerprint density at radius 3 is 2.39 bits per heavy atom. The minimum atomic E-state index is -0.932. The van der Waals surface area contributed by atoms with Crippen molar-refractivity contribution in [1.29, 1.82) is 0 Å². The highest BCUT2D eigenvalue weighted by Crippen LogP contribution is 2.33. The molecule has 0 aliphatic carbocycles. The van der Waals surface area contributed by atoms with Gasteiger partial charge in [-0.15, -0.1) is 0 Å². The first kappa shape index (κ1) is 31.9. The van der Waals surface area contributed by atoms with Crippen LogP contribution in [0.2, 0.25) is 0 Å². The van der Waals surface area contributed by atoms with E-state index in [0.717, 1.165) is 22.9 Å². The highest BCUT2D eigenvalue weighted by atomic mass is 127. The Balaban J connectivity index is 1.53. The van der Waals surface area contributed by atoms with Crippen molar-refractivity contribution in [1.82, 2.24) is 5.43 Å². The summed E-state index contributed by atoms with van der Waals surface area (Å²) in [4.78, 5) is 36.8. The molecule has 0 radical (unpaired) electrons. The van der Waals surface area contributed by atoms with Gasteiger partial charge in [0.05, 0.1) is 23.5 Å². The number of hydrogen-bond acceptors (Lipinski definition) is 7. The van der Waals surface area contributed by atoms with Crippen molar-refractivity contribution in [2.24, 2.45) is 5.10 Å². The molecule has 3 aromatic rings. The summed E-state index contributed by atoms with van der Waals surface area (Å²) in [6.07, 6.45) is 3.35. The van der Waals surface area contributed by atoms with Gasteiger partial charge in [-0.25, -0.2) is 5.43 Å². The van der Waals surface area contributed by atoms with Crippen molar-refractivity contribution in [3.8, 4) is 17.2 Å². The number of halogens is 2. The fourth-order valence-electron chi connectivity index (χ4n) is 3.38. The molecule has 12 heteroatoms. The number of carbonyl (C=O) groups is 3. The zero-order chi connectivity index (χ0) is 29.8. The third-order valence-electron chi connectivity index (χ3n) is 5.51. The second kappa shape index (κ2) is 16.0. The number of carbonyl (C=O) groups excluding carboxylic acids is 3. The van der Waals surface area contributed by atoms with Crippen molar-refractivity contribution >= 4 is 73.8 Å². The highest BCUT2D eigenvalue weighted by molar-refractivity contribution is 14.1. The molecule has 0 spiro atoms. The molecule has 0 aliphatic rings. The van der Waals surface area contributed by atoms with Crippen LogP contribution in [-0.2, 0) is 14.4 Å².